The van der Waals surface area contributed by atoms with E-state index in [4.69, 9.17) is 4.52 Å². The summed E-state index contributed by atoms with van der Waals surface area (Å²) in [4.78, 5) is 9.70. The van der Waals surface area contributed by atoms with Crippen LogP contribution < -0.4 is 0 Å². The van der Waals surface area contributed by atoms with Crippen LogP contribution in [0.1, 0.15) is 18.1 Å². The molecule has 0 aliphatic carbocycles. The first kappa shape index (κ1) is 16.0. The molecule has 0 bridgehead atoms. The number of halogens is 1. The van der Waals surface area contributed by atoms with Crippen LogP contribution in [0.3, 0.4) is 0 Å². The molecule has 0 aliphatic rings. The number of nitrogens with zero attached hydrogens (tertiary/aromatic N) is 4. The van der Waals surface area contributed by atoms with Gasteiger partial charge < -0.3 is 4.52 Å². The highest BCUT2D eigenvalue weighted by atomic mass is 32.2. The lowest BCUT2D eigenvalue weighted by atomic mass is 10.2. The lowest BCUT2D eigenvalue weighted by Crippen LogP contribution is -1.90. The highest BCUT2D eigenvalue weighted by molar-refractivity contribution is 7.99. The van der Waals surface area contributed by atoms with Crippen molar-refractivity contribution in [3.63, 3.8) is 0 Å². The normalized spacial score (nSPS) is 12.4. The van der Waals surface area contributed by atoms with Gasteiger partial charge >= 0.3 is 0 Å². The van der Waals surface area contributed by atoms with Gasteiger partial charge in [-0.05, 0) is 30.5 Å². The molecule has 3 heterocycles. The average molecular weight is 373 g/mol. The van der Waals surface area contributed by atoms with Gasteiger partial charge in [-0.2, -0.15) is 4.98 Å². The number of thioether (sulfide) groups is 1. The van der Waals surface area contributed by atoms with E-state index in [0.29, 0.717) is 28.3 Å². The second-order valence-corrected chi connectivity index (χ2v) is 7.40. The maximum Gasteiger partial charge on any atom is 0.240 e. The standard InChI is InChI=1S/C16H12FN5OS2/c1-9(15-18-14(22-23-15)12-7-4-8-24-12)25-16-19-13(20-21-16)10-5-2-3-6-11(10)17/h2-9H,1H3,(H,19,20,21)/t9-/m1/s1. The lowest BCUT2D eigenvalue weighted by Gasteiger charge is -2.01. The van der Waals surface area contributed by atoms with Crippen molar-refractivity contribution in [1.29, 1.82) is 0 Å². The zero-order valence-corrected chi connectivity index (χ0v) is 14.6. The Hall–Kier alpha value is -2.52. The Morgan fingerprint density at radius 1 is 1.20 bits per heavy atom. The summed E-state index contributed by atoms with van der Waals surface area (Å²) < 4.78 is 19.2. The molecule has 0 aliphatic heterocycles. The van der Waals surface area contributed by atoms with Crippen LogP contribution in [0.25, 0.3) is 22.1 Å². The van der Waals surface area contributed by atoms with Crippen molar-refractivity contribution >= 4 is 23.1 Å². The van der Waals surface area contributed by atoms with Gasteiger partial charge in [-0.3, -0.25) is 5.10 Å². The Morgan fingerprint density at radius 3 is 2.88 bits per heavy atom. The van der Waals surface area contributed by atoms with E-state index in [1.165, 1.54) is 17.8 Å². The number of hydrogen-bond donors (Lipinski definition) is 1. The van der Waals surface area contributed by atoms with Crippen molar-refractivity contribution in [2.45, 2.75) is 17.3 Å². The minimum absolute atomic E-state index is 0.134. The molecule has 0 saturated carbocycles. The molecule has 9 heteroatoms. The van der Waals surface area contributed by atoms with Crippen LogP contribution in [0.2, 0.25) is 0 Å². The molecule has 126 valence electrons. The fourth-order valence-electron chi connectivity index (χ4n) is 2.19. The molecule has 1 N–H and O–H groups in total. The molecule has 4 rings (SSSR count). The van der Waals surface area contributed by atoms with Crippen molar-refractivity contribution in [3.05, 3.63) is 53.5 Å². The van der Waals surface area contributed by atoms with E-state index in [-0.39, 0.29) is 11.1 Å². The molecule has 3 aromatic heterocycles. The lowest BCUT2D eigenvalue weighted by molar-refractivity contribution is 0.381. The van der Waals surface area contributed by atoms with Gasteiger partial charge in [-0.1, -0.05) is 35.1 Å². The van der Waals surface area contributed by atoms with E-state index in [1.807, 2.05) is 24.4 Å². The molecular weight excluding hydrogens is 361 g/mol. The van der Waals surface area contributed by atoms with Crippen LogP contribution in [-0.4, -0.2) is 25.3 Å². The Kier molecular flexibility index (Phi) is 4.33. The molecule has 4 aromatic rings. The van der Waals surface area contributed by atoms with Crippen molar-refractivity contribution in [2.24, 2.45) is 0 Å². The molecule has 0 fully saturated rings. The molecule has 0 radical (unpaired) electrons. The third-order valence-electron chi connectivity index (χ3n) is 3.41. The zero-order chi connectivity index (χ0) is 17.2. The third kappa shape index (κ3) is 3.33. The van der Waals surface area contributed by atoms with Gasteiger partial charge in [-0.25, -0.2) is 9.37 Å². The van der Waals surface area contributed by atoms with Gasteiger partial charge in [0.1, 0.15) is 5.82 Å². The Balaban J connectivity index is 1.50. The summed E-state index contributed by atoms with van der Waals surface area (Å²) in [6.07, 6.45) is 0. The molecule has 0 amide bonds. The largest absolute Gasteiger partial charge is 0.338 e. The van der Waals surface area contributed by atoms with Crippen LogP contribution in [0.15, 0.2) is 51.5 Å². The summed E-state index contributed by atoms with van der Waals surface area (Å²) in [7, 11) is 0. The van der Waals surface area contributed by atoms with Crippen LogP contribution in [0.4, 0.5) is 4.39 Å². The third-order valence-corrected chi connectivity index (χ3v) is 5.22. The first-order valence-corrected chi connectivity index (χ1v) is 9.18. The van der Waals surface area contributed by atoms with E-state index in [9.17, 15) is 4.39 Å². The highest BCUT2D eigenvalue weighted by Crippen LogP contribution is 2.34. The molecule has 25 heavy (non-hydrogen) atoms. The molecule has 6 nitrogen and oxygen atoms in total. The minimum Gasteiger partial charge on any atom is -0.338 e. The number of aromatic amines is 1. The topological polar surface area (TPSA) is 80.5 Å². The molecule has 0 saturated heterocycles. The van der Waals surface area contributed by atoms with Gasteiger partial charge in [-0.15, -0.1) is 16.4 Å². The average Bonchev–Trinajstić information content (AvgIpc) is 3.36. The van der Waals surface area contributed by atoms with Gasteiger partial charge in [0, 0.05) is 0 Å². The summed E-state index contributed by atoms with van der Waals surface area (Å²) in [6, 6.07) is 10.3. The number of aromatic nitrogens is 5. The van der Waals surface area contributed by atoms with Crippen molar-refractivity contribution in [3.8, 4) is 22.1 Å². The van der Waals surface area contributed by atoms with Gasteiger partial charge in [0.25, 0.3) is 0 Å². The fraction of sp³-hybridized carbons (Fsp3) is 0.125. The maximum atomic E-state index is 13.8. The van der Waals surface area contributed by atoms with Crippen LogP contribution in [0, 0.1) is 5.82 Å². The Labute approximate surface area is 150 Å². The van der Waals surface area contributed by atoms with Crippen molar-refractivity contribution in [2.75, 3.05) is 0 Å². The summed E-state index contributed by atoms with van der Waals surface area (Å²) in [5.41, 5.74) is 0.382. The Bertz CT molecular complexity index is 982. The number of nitrogens with one attached hydrogen (secondary N) is 1. The first-order chi connectivity index (χ1) is 12.2. The minimum atomic E-state index is -0.347. The van der Waals surface area contributed by atoms with E-state index in [0.717, 1.165) is 4.88 Å². The predicted octanol–water partition coefficient (Wildman–Crippen LogP) is 4.58. The maximum absolute atomic E-state index is 13.8. The van der Waals surface area contributed by atoms with E-state index in [2.05, 4.69) is 25.3 Å². The van der Waals surface area contributed by atoms with E-state index >= 15 is 0 Å². The number of rotatable bonds is 5. The van der Waals surface area contributed by atoms with Crippen molar-refractivity contribution in [1.82, 2.24) is 25.3 Å². The summed E-state index contributed by atoms with van der Waals surface area (Å²) in [5.74, 6) is 1.10. The monoisotopic (exact) mass is 373 g/mol. The summed E-state index contributed by atoms with van der Waals surface area (Å²) >= 11 is 2.91. The molecule has 0 unspecified atom stereocenters. The van der Waals surface area contributed by atoms with Crippen LogP contribution >= 0.6 is 23.1 Å². The molecule has 1 aromatic carbocycles. The predicted molar refractivity (Wildman–Crippen MR) is 93.7 cm³/mol. The van der Waals surface area contributed by atoms with E-state index < -0.39 is 0 Å². The van der Waals surface area contributed by atoms with Gasteiger partial charge in [0.15, 0.2) is 5.82 Å². The second kappa shape index (κ2) is 6.77. The number of benzene rings is 1. The smallest absolute Gasteiger partial charge is 0.240 e. The molecule has 1 atom stereocenters. The highest BCUT2D eigenvalue weighted by Gasteiger charge is 2.19. The van der Waals surface area contributed by atoms with Crippen molar-refractivity contribution < 1.29 is 8.91 Å². The fourth-order valence-corrected chi connectivity index (χ4v) is 3.59. The second-order valence-electron chi connectivity index (χ2n) is 5.14. The summed E-state index contributed by atoms with van der Waals surface area (Å²) in [5, 5.41) is 13.2. The Morgan fingerprint density at radius 2 is 2.08 bits per heavy atom. The molecule has 0 spiro atoms. The van der Waals surface area contributed by atoms with Crippen LogP contribution in [0.5, 0.6) is 0 Å². The van der Waals surface area contributed by atoms with Gasteiger partial charge in [0.05, 0.1) is 15.7 Å². The molecular formula is C16H12FN5OS2. The number of H-pyrrole nitrogens is 1. The van der Waals surface area contributed by atoms with E-state index in [1.54, 1.807) is 29.5 Å². The SMILES string of the molecule is C[C@@H](Sc1n[nH]c(-c2ccccc2F)n1)c1nc(-c2cccs2)no1. The zero-order valence-electron chi connectivity index (χ0n) is 13.0. The van der Waals surface area contributed by atoms with Gasteiger partial charge in [0.2, 0.25) is 16.9 Å². The number of thiophene rings is 1. The summed E-state index contributed by atoms with van der Waals surface area (Å²) in [6.45, 7) is 1.93. The number of hydrogen-bond acceptors (Lipinski definition) is 7. The quantitative estimate of drug-likeness (QED) is 0.516. The first-order valence-electron chi connectivity index (χ1n) is 7.42. The van der Waals surface area contributed by atoms with Crippen LogP contribution in [-0.2, 0) is 0 Å².